The molecule has 5 heteroatoms. The van der Waals surface area contributed by atoms with E-state index in [2.05, 4.69) is 79.4 Å². The maximum atomic E-state index is 4.77. The average Bonchev–Trinajstić information content (AvgIpc) is 3.74. The van der Waals surface area contributed by atoms with E-state index in [1.807, 2.05) is 59.9 Å². The van der Waals surface area contributed by atoms with Crippen molar-refractivity contribution in [3.05, 3.63) is 115 Å². The van der Waals surface area contributed by atoms with Crippen molar-refractivity contribution in [1.82, 2.24) is 9.97 Å². The van der Waals surface area contributed by atoms with Crippen LogP contribution in [0.2, 0.25) is 19.6 Å². The minimum Gasteiger partial charge on any atom is -0.305 e. The van der Waals surface area contributed by atoms with Crippen molar-refractivity contribution in [2.24, 2.45) is 0 Å². The molecule has 0 aliphatic heterocycles. The second-order valence-electron chi connectivity index (χ2n) is 10.9. The minimum atomic E-state index is -1.30. The van der Waals surface area contributed by atoms with E-state index < -0.39 is 8.07 Å². The fourth-order valence-corrected chi connectivity index (χ4v) is 7.20. The predicted molar refractivity (Wildman–Crippen MR) is 165 cm³/mol. The first kappa shape index (κ1) is 27.6. The van der Waals surface area contributed by atoms with Crippen molar-refractivity contribution in [2.75, 3.05) is 0 Å². The number of pyridine rings is 2. The first-order valence-electron chi connectivity index (χ1n) is 13.2. The first-order valence-corrected chi connectivity index (χ1v) is 17.5. The SMILES string of the molecule is C[Si](C)(C)c1ccc2c(c1)sc1c(-c3ccc(C4CC4)cn3)[c-]ccc12.[Ir].[c-]1ccccc1-c1ccccn1. The monoisotopic (exact) mass is 719 g/mol. The van der Waals surface area contributed by atoms with E-state index in [0.717, 1.165) is 28.4 Å². The normalized spacial score (nSPS) is 13.0. The topological polar surface area (TPSA) is 25.8 Å². The molecular weight excluding hydrogens is 689 g/mol. The summed E-state index contributed by atoms with van der Waals surface area (Å²) in [5.41, 5.74) is 5.57. The Labute approximate surface area is 249 Å². The van der Waals surface area contributed by atoms with Crippen LogP contribution >= 0.6 is 11.3 Å². The zero-order valence-electron chi connectivity index (χ0n) is 22.4. The van der Waals surface area contributed by atoms with Gasteiger partial charge < -0.3 is 9.97 Å². The van der Waals surface area contributed by atoms with Crippen molar-refractivity contribution in [1.29, 1.82) is 0 Å². The quantitative estimate of drug-likeness (QED) is 0.135. The van der Waals surface area contributed by atoms with Gasteiger partial charge in [-0.15, -0.1) is 59.7 Å². The largest absolute Gasteiger partial charge is 0.305 e. The van der Waals surface area contributed by atoms with Gasteiger partial charge in [0, 0.05) is 37.2 Å². The van der Waals surface area contributed by atoms with Crippen molar-refractivity contribution < 1.29 is 20.1 Å². The zero-order valence-corrected chi connectivity index (χ0v) is 26.6. The summed E-state index contributed by atoms with van der Waals surface area (Å²) >= 11 is 1.89. The van der Waals surface area contributed by atoms with Gasteiger partial charge in [0.15, 0.2) is 0 Å². The van der Waals surface area contributed by atoms with Crippen LogP contribution in [0, 0.1) is 12.1 Å². The molecule has 0 unspecified atom stereocenters. The van der Waals surface area contributed by atoms with Gasteiger partial charge in [0.25, 0.3) is 0 Å². The van der Waals surface area contributed by atoms with Gasteiger partial charge in [0.1, 0.15) is 0 Å². The third-order valence-corrected chi connectivity index (χ3v) is 10.3. The van der Waals surface area contributed by atoms with Crippen LogP contribution in [-0.2, 0) is 20.1 Å². The van der Waals surface area contributed by atoms with E-state index >= 15 is 0 Å². The fourth-order valence-electron chi connectivity index (χ4n) is 4.68. The van der Waals surface area contributed by atoms with Gasteiger partial charge in [-0.1, -0.05) is 66.6 Å². The summed E-state index contributed by atoms with van der Waals surface area (Å²) in [5.74, 6) is 0.751. The van der Waals surface area contributed by atoms with Gasteiger partial charge >= 0.3 is 0 Å². The summed E-state index contributed by atoms with van der Waals surface area (Å²) in [6, 6.07) is 36.0. The molecule has 7 rings (SSSR count). The summed E-state index contributed by atoms with van der Waals surface area (Å²) in [7, 11) is -1.30. The minimum absolute atomic E-state index is 0. The van der Waals surface area contributed by atoms with Gasteiger partial charge in [-0.3, -0.25) is 0 Å². The second-order valence-corrected chi connectivity index (χ2v) is 17.0. The van der Waals surface area contributed by atoms with Crippen LogP contribution in [0.5, 0.6) is 0 Å². The van der Waals surface area contributed by atoms with Crippen molar-refractivity contribution in [3.63, 3.8) is 0 Å². The Morgan fingerprint density at radius 1 is 0.795 bits per heavy atom. The molecule has 1 aliphatic carbocycles. The van der Waals surface area contributed by atoms with Crippen LogP contribution in [0.3, 0.4) is 0 Å². The van der Waals surface area contributed by atoms with Gasteiger partial charge in [0.05, 0.1) is 8.07 Å². The molecule has 1 aliphatic rings. The molecule has 3 aromatic carbocycles. The molecule has 1 saturated carbocycles. The van der Waals surface area contributed by atoms with Crippen LogP contribution in [0.25, 0.3) is 42.7 Å². The number of benzene rings is 3. The summed E-state index contributed by atoms with van der Waals surface area (Å²) in [4.78, 5) is 8.99. The third kappa shape index (κ3) is 6.13. The molecule has 3 aromatic heterocycles. The van der Waals surface area contributed by atoms with E-state index in [1.54, 1.807) is 6.20 Å². The number of rotatable bonds is 4. The Bertz CT molecular complexity index is 1650. The molecule has 3 heterocycles. The van der Waals surface area contributed by atoms with Crippen LogP contribution in [0.1, 0.15) is 24.3 Å². The van der Waals surface area contributed by atoms with E-state index in [9.17, 15) is 0 Å². The number of nitrogens with zero attached hydrogens (tertiary/aromatic N) is 2. The first-order chi connectivity index (χ1) is 18.5. The summed E-state index contributed by atoms with van der Waals surface area (Å²) < 4.78 is 2.69. The zero-order chi connectivity index (χ0) is 26.1. The van der Waals surface area contributed by atoms with Gasteiger partial charge in [-0.2, -0.15) is 11.3 Å². The van der Waals surface area contributed by atoms with Crippen molar-refractivity contribution in [2.45, 2.75) is 38.4 Å². The van der Waals surface area contributed by atoms with Crippen LogP contribution < -0.4 is 5.19 Å². The molecule has 0 amide bonds. The molecule has 0 spiro atoms. The fraction of sp³-hybridized carbons (Fsp3) is 0.176. The predicted octanol–water partition coefficient (Wildman–Crippen LogP) is 8.89. The Morgan fingerprint density at radius 2 is 1.64 bits per heavy atom. The Balaban J connectivity index is 0.000000200. The number of hydrogen-bond donors (Lipinski definition) is 0. The van der Waals surface area contributed by atoms with Gasteiger partial charge in [0.2, 0.25) is 0 Å². The molecule has 2 nitrogen and oxygen atoms in total. The molecule has 0 N–H and O–H groups in total. The van der Waals surface area contributed by atoms with Crippen LogP contribution in [0.4, 0.5) is 0 Å². The molecule has 0 bridgehead atoms. The summed E-state index contributed by atoms with van der Waals surface area (Å²) in [5, 5.41) is 4.21. The molecule has 0 saturated heterocycles. The summed E-state index contributed by atoms with van der Waals surface area (Å²) in [6.45, 7) is 7.23. The maximum absolute atomic E-state index is 4.77. The number of aromatic nitrogens is 2. The Kier molecular flexibility index (Phi) is 8.25. The Morgan fingerprint density at radius 3 is 2.31 bits per heavy atom. The smallest absolute Gasteiger partial charge is 0.0776 e. The third-order valence-electron chi connectivity index (χ3n) is 7.04. The molecule has 1 radical (unpaired) electrons. The maximum Gasteiger partial charge on any atom is 0.0776 e. The number of thiophene rings is 1. The average molecular weight is 719 g/mol. The van der Waals surface area contributed by atoms with Gasteiger partial charge in [-0.25, -0.2) is 0 Å². The van der Waals surface area contributed by atoms with E-state index in [0.29, 0.717) is 0 Å². The molecule has 39 heavy (non-hydrogen) atoms. The van der Waals surface area contributed by atoms with Crippen LogP contribution in [0.15, 0.2) is 97.3 Å². The van der Waals surface area contributed by atoms with Gasteiger partial charge in [-0.05, 0) is 57.9 Å². The van der Waals surface area contributed by atoms with E-state index in [1.165, 1.54) is 43.8 Å². The second kappa shape index (κ2) is 11.7. The molecular formula is C34H30IrN2SSi-2. The molecule has 1 fully saturated rings. The van der Waals surface area contributed by atoms with E-state index in [-0.39, 0.29) is 20.1 Å². The van der Waals surface area contributed by atoms with E-state index in [4.69, 9.17) is 4.98 Å². The standard InChI is InChI=1S/C23H22NSSi.C11H8N.Ir/c1-26(2,3)17-10-11-18-19-5-4-6-20(23(19)25-22(18)13-17)21-12-9-16(14-24-21)15-7-8-15;1-2-6-10(7-3-1)11-8-4-5-9-12-11;/h4-5,9-15H,7-8H2,1-3H3;1-6,8-9H;/q2*-1;. The number of fused-ring (bicyclic) bond motifs is 3. The van der Waals surface area contributed by atoms with Crippen molar-refractivity contribution in [3.8, 4) is 22.5 Å². The molecule has 197 valence electrons. The number of hydrogen-bond acceptors (Lipinski definition) is 3. The molecule has 0 atom stereocenters. The summed E-state index contributed by atoms with van der Waals surface area (Å²) in [6.07, 6.45) is 6.49. The molecule has 6 aromatic rings. The van der Waals surface area contributed by atoms with Crippen molar-refractivity contribution >= 4 is 44.8 Å². The Hall–Kier alpha value is -2.95. The van der Waals surface area contributed by atoms with Crippen LogP contribution in [-0.4, -0.2) is 18.0 Å².